The van der Waals surface area contributed by atoms with Crippen molar-refractivity contribution in [2.45, 2.75) is 6.18 Å². The molecule has 22 heteroatoms. The van der Waals surface area contributed by atoms with E-state index >= 15 is 0 Å². The Hall–Kier alpha value is -7.69. The van der Waals surface area contributed by atoms with E-state index in [0.717, 1.165) is 44.0 Å². The molecule has 0 bridgehead atoms. The molecular formula is C40H29F4N15S3. The number of halogens is 4. The average Bonchev–Trinajstić information content (AvgIpc) is 4.14. The number of hydrogen-bond acceptors (Lipinski definition) is 15. The number of rotatable bonds is 10. The molecule has 9 heterocycles. The largest absolute Gasteiger partial charge is 0.427 e. The summed E-state index contributed by atoms with van der Waals surface area (Å²) in [5, 5.41) is 29.4. The Morgan fingerprint density at radius 2 is 0.903 bits per heavy atom. The topological polar surface area (TPSA) is 199 Å². The Morgan fingerprint density at radius 1 is 0.468 bits per heavy atom. The molecule has 0 atom stereocenters. The number of alkyl halides is 3. The second-order valence-corrected chi connectivity index (χ2v) is 15.3. The average molecular weight is 892 g/mol. The molecule has 0 aliphatic rings. The molecular weight excluding hydrogens is 863 g/mol. The van der Waals surface area contributed by atoms with Gasteiger partial charge in [0.2, 0.25) is 5.13 Å². The van der Waals surface area contributed by atoms with Crippen LogP contribution in [0, 0.1) is 5.13 Å². The van der Waals surface area contributed by atoms with Crippen molar-refractivity contribution >= 4 is 66.9 Å². The van der Waals surface area contributed by atoms with Gasteiger partial charge in [-0.2, -0.15) is 32.9 Å². The van der Waals surface area contributed by atoms with Crippen LogP contribution in [0.5, 0.6) is 0 Å². The molecule has 62 heavy (non-hydrogen) atoms. The van der Waals surface area contributed by atoms with E-state index in [-0.39, 0.29) is 27.2 Å². The van der Waals surface area contributed by atoms with Gasteiger partial charge in [0.1, 0.15) is 28.0 Å². The van der Waals surface area contributed by atoms with Crippen LogP contribution in [-0.4, -0.2) is 60.5 Å². The van der Waals surface area contributed by atoms with Gasteiger partial charge in [-0.1, -0.05) is 82.5 Å². The van der Waals surface area contributed by atoms with Gasteiger partial charge < -0.3 is 16.0 Å². The highest BCUT2D eigenvalue weighted by Gasteiger charge is 2.38. The van der Waals surface area contributed by atoms with Crippen molar-refractivity contribution < 1.29 is 17.6 Å². The van der Waals surface area contributed by atoms with Gasteiger partial charge in [-0.3, -0.25) is 15.3 Å². The maximum Gasteiger partial charge on any atom is 0.427 e. The van der Waals surface area contributed by atoms with E-state index in [1.165, 1.54) is 24.8 Å². The van der Waals surface area contributed by atoms with Crippen LogP contribution >= 0.6 is 34.0 Å². The number of anilines is 6. The van der Waals surface area contributed by atoms with E-state index in [1.54, 1.807) is 60.4 Å². The van der Waals surface area contributed by atoms with Crippen LogP contribution in [0.15, 0.2) is 141 Å². The van der Waals surface area contributed by atoms with Gasteiger partial charge in [0.05, 0.1) is 34.9 Å². The highest BCUT2D eigenvalue weighted by Crippen LogP contribution is 2.43. The molecule has 10 rings (SSSR count). The number of H-pyrrole nitrogens is 3. The molecule has 0 fully saturated rings. The van der Waals surface area contributed by atoms with Crippen molar-refractivity contribution in [3.05, 3.63) is 151 Å². The van der Waals surface area contributed by atoms with Crippen molar-refractivity contribution in [3.63, 3.8) is 0 Å². The molecule has 0 aliphatic heterocycles. The fourth-order valence-electron chi connectivity index (χ4n) is 5.43. The molecule has 10 aromatic rings. The summed E-state index contributed by atoms with van der Waals surface area (Å²) in [4.78, 5) is 25.6. The minimum absolute atomic E-state index is 0.122. The standard InChI is InChI=1S/C17H13N5S.C12H8F3N5S.C11H8FN5S/c1-2-6-12(7-3-1)16-15(13-10-19-20-11-13)22-17(23-16)21-14-8-4-5-9-18-14;13-12(14,15)10-9(7-5-17-18-6-7)20-11(21-10)19-8-3-1-2-4-16-8;12-10-9(7-5-14-15-6-7)17-11(18-10)16-8-3-1-2-4-13-8/h1-11H,(H,19,20)(H,18,21,22);1-6H,(H,17,18)(H,16,19,20);1-6H,(H,14,15)(H,13,16,17). The van der Waals surface area contributed by atoms with Gasteiger partial charge in [0.15, 0.2) is 15.4 Å². The van der Waals surface area contributed by atoms with Crippen molar-refractivity contribution in [1.29, 1.82) is 0 Å². The van der Waals surface area contributed by atoms with Crippen LogP contribution < -0.4 is 16.0 Å². The Labute approximate surface area is 360 Å². The number of hydrogen-bond donors (Lipinski definition) is 6. The van der Waals surface area contributed by atoms with Crippen LogP contribution in [0.25, 0.3) is 44.2 Å². The Morgan fingerprint density at radius 3 is 1.37 bits per heavy atom. The summed E-state index contributed by atoms with van der Waals surface area (Å²) in [7, 11) is 0. The first-order chi connectivity index (χ1) is 30.3. The monoisotopic (exact) mass is 891 g/mol. The summed E-state index contributed by atoms with van der Waals surface area (Å²) in [6.07, 6.45) is 9.91. The van der Waals surface area contributed by atoms with Crippen LogP contribution in [-0.2, 0) is 6.18 Å². The van der Waals surface area contributed by atoms with E-state index in [4.69, 9.17) is 4.98 Å². The second-order valence-electron chi connectivity index (χ2n) is 12.4. The first-order valence-electron chi connectivity index (χ1n) is 18.1. The molecule has 0 aliphatic carbocycles. The minimum Gasteiger partial charge on any atom is -0.316 e. The van der Waals surface area contributed by atoms with Gasteiger partial charge >= 0.3 is 6.18 Å². The van der Waals surface area contributed by atoms with Gasteiger partial charge in [0, 0.05) is 53.9 Å². The fourth-order valence-corrected chi connectivity index (χ4v) is 8.01. The third-order valence-electron chi connectivity index (χ3n) is 8.15. The molecule has 9 aromatic heterocycles. The summed E-state index contributed by atoms with van der Waals surface area (Å²) in [6, 6.07) is 26.5. The summed E-state index contributed by atoms with van der Waals surface area (Å²) in [6.45, 7) is 0. The van der Waals surface area contributed by atoms with E-state index in [2.05, 4.69) is 83.6 Å². The molecule has 0 saturated carbocycles. The normalized spacial score (nSPS) is 10.9. The van der Waals surface area contributed by atoms with Crippen LogP contribution in [0.4, 0.5) is 50.4 Å². The number of nitrogens with zero attached hydrogens (tertiary/aromatic N) is 9. The third-order valence-corrected chi connectivity index (χ3v) is 10.9. The molecule has 0 radical (unpaired) electrons. The Balaban J connectivity index is 0.000000129. The Bertz CT molecular complexity index is 2870. The zero-order valence-corrected chi connectivity index (χ0v) is 34.0. The molecule has 0 saturated heterocycles. The third kappa shape index (κ3) is 10.4. The zero-order chi connectivity index (χ0) is 42.7. The second kappa shape index (κ2) is 19.1. The molecule has 0 unspecified atom stereocenters. The van der Waals surface area contributed by atoms with Crippen molar-refractivity contribution in [2.24, 2.45) is 0 Å². The molecule has 15 nitrogen and oxygen atoms in total. The lowest BCUT2D eigenvalue weighted by Crippen LogP contribution is -2.03. The lowest BCUT2D eigenvalue weighted by Gasteiger charge is -2.03. The lowest BCUT2D eigenvalue weighted by molar-refractivity contribution is -0.134. The number of nitrogens with one attached hydrogen (secondary N) is 6. The zero-order valence-electron chi connectivity index (χ0n) is 31.5. The Kier molecular flexibility index (Phi) is 12.7. The van der Waals surface area contributed by atoms with Gasteiger partial charge in [-0.25, -0.2) is 29.9 Å². The molecule has 310 valence electrons. The number of thiazole rings is 3. The number of pyridine rings is 3. The van der Waals surface area contributed by atoms with Crippen LogP contribution in [0.1, 0.15) is 4.88 Å². The van der Waals surface area contributed by atoms with Gasteiger partial charge in [-0.05, 0) is 42.0 Å². The van der Waals surface area contributed by atoms with E-state index in [0.29, 0.717) is 33.7 Å². The number of benzene rings is 1. The molecule has 6 N–H and O–H groups in total. The van der Waals surface area contributed by atoms with Crippen LogP contribution in [0.3, 0.4) is 0 Å². The number of aromatic nitrogens is 12. The van der Waals surface area contributed by atoms with Crippen molar-refractivity contribution in [1.82, 2.24) is 60.5 Å². The highest BCUT2D eigenvalue weighted by atomic mass is 32.1. The lowest BCUT2D eigenvalue weighted by atomic mass is 10.1. The van der Waals surface area contributed by atoms with Gasteiger partial charge in [-0.15, -0.1) is 0 Å². The smallest absolute Gasteiger partial charge is 0.316 e. The van der Waals surface area contributed by atoms with Gasteiger partial charge in [0.25, 0.3) is 0 Å². The predicted molar refractivity (Wildman–Crippen MR) is 232 cm³/mol. The van der Waals surface area contributed by atoms with Crippen molar-refractivity contribution in [2.75, 3.05) is 16.0 Å². The first-order valence-corrected chi connectivity index (χ1v) is 20.5. The van der Waals surface area contributed by atoms with E-state index in [1.807, 2.05) is 54.7 Å². The summed E-state index contributed by atoms with van der Waals surface area (Å²) >= 11 is 3.07. The summed E-state index contributed by atoms with van der Waals surface area (Å²) < 4.78 is 53.0. The first kappa shape index (κ1) is 41.1. The molecule has 0 spiro atoms. The minimum atomic E-state index is -4.48. The molecule has 1 aromatic carbocycles. The van der Waals surface area contributed by atoms with E-state index in [9.17, 15) is 17.6 Å². The summed E-state index contributed by atoms with van der Waals surface area (Å²) in [5.74, 6) is 1.84. The molecule has 0 amide bonds. The highest BCUT2D eigenvalue weighted by molar-refractivity contribution is 7.19. The van der Waals surface area contributed by atoms with Crippen molar-refractivity contribution in [3.8, 4) is 44.2 Å². The van der Waals surface area contributed by atoms with E-state index < -0.39 is 11.1 Å². The predicted octanol–water partition coefficient (Wildman–Crippen LogP) is 10.8. The maximum atomic E-state index is 13.7. The fraction of sp³-hybridized carbons (Fsp3) is 0.0250. The SMILES string of the molecule is FC(F)(F)c1sc(Nc2ccccn2)nc1-c1cn[nH]c1.Fc1sc(Nc2ccccn2)nc1-c1cn[nH]c1.c1ccc(-c2sc(Nc3ccccn3)nc2-c2cn[nH]c2)cc1. The van der Waals surface area contributed by atoms with Crippen LogP contribution in [0.2, 0.25) is 0 Å². The summed E-state index contributed by atoms with van der Waals surface area (Å²) in [5.41, 5.74) is 4.05. The maximum absolute atomic E-state index is 13.7. The number of aromatic amines is 3. The quantitative estimate of drug-likeness (QED) is 0.0711.